The number of benzene rings is 2. The Labute approximate surface area is 179 Å². The van der Waals surface area contributed by atoms with Crippen LogP contribution in [0.15, 0.2) is 48.5 Å². The first-order valence-electron chi connectivity index (χ1n) is 10.2. The molecule has 160 valence electrons. The molecule has 2 atom stereocenters. The molecule has 9 heteroatoms. The van der Waals surface area contributed by atoms with E-state index in [9.17, 15) is 22.8 Å². The molecule has 0 saturated carbocycles. The lowest BCUT2D eigenvalue weighted by Gasteiger charge is -2.40. The van der Waals surface area contributed by atoms with Gasteiger partial charge in [-0.15, -0.1) is 0 Å². The summed E-state index contributed by atoms with van der Waals surface area (Å²) in [6, 6.07) is 14.0. The summed E-state index contributed by atoms with van der Waals surface area (Å²) in [7, 11) is -3.02. The molecule has 31 heavy (non-hydrogen) atoms. The molecule has 1 N–H and O–H groups in total. The van der Waals surface area contributed by atoms with E-state index in [0.717, 1.165) is 0 Å². The zero-order valence-electron chi connectivity index (χ0n) is 16.7. The summed E-state index contributed by atoms with van der Waals surface area (Å²) in [5.41, 5.74) is 2.10. The third-order valence-electron chi connectivity index (χ3n) is 6.11. The summed E-state index contributed by atoms with van der Waals surface area (Å²) < 4.78 is 23.3. The predicted molar refractivity (Wildman–Crippen MR) is 113 cm³/mol. The van der Waals surface area contributed by atoms with Gasteiger partial charge in [0.05, 0.1) is 22.8 Å². The molecule has 8 nitrogen and oxygen atoms in total. The average Bonchev–Trinajstić information content (AvgIpc) is 3.26. The monoisotopic (exact) mass is 439 g/mol. The zero-order valence-corrected chi connectivity index (χ0v) is 17.5. The Morgan fingerprint density at radius 1 is 1.00 bits per heavy atom. The van der Waals surface area contributed by atoms with Crippen LogP contribution in [-0.4, -0.2) is 55.6 Å². The van der Waals surface area contributed by atoms with Crippen LogP contribution >= 0.6 is 0 Å². The van der Waals surface area contributed by atoms with Crippen molar-refractivity contribution in [2.75, 3.05) is 29.5 Å². The Hall–Kier alpha value is -3.20. The van der Waals surface area contributed by atoms with E-state index in [4.69, 9.17) is 0 Å². The highest BCUT2D eigenvalue weighted by atomic mass is 32.2. The van der Waals surface area contributed by atoms with Crippen molar-refractivity contribution in [2.24, 2.45) is 5.92 Å². The van der Waals surface area contributed by atoms with E-state index < -0.39 is 16.0 Å². The van der Waals surface area contributed by atoms with Gasteiger partial charge in [0.1, 0.15) is 12.7 Å². The molecule has 0 aliphatic carbocycles. The minimum absolute atomic E-state index is 0.0710. The standard InChI is InChI=1S/C22H21N3O5S/c26-19(23-11-14-9-10-31(29,30)13-14)12-24-20-15-5-1-2-6-16(15)22(28)25(20)18-8-4-3-7-17(18)21(24)27/h1-8,14,20H,9-13H2,(H,23,26). The summed E-state index contributed by atoms with van der Waals surface area (Å²) in [6.07, 6.45) is -0.166. The van der Waals surface area contributed by atoms with Gasteiger partial charge in [0.2, 0.25) is 5.91 Å². The maximum Gasteiger partial charge on any atom is 0.260 e. The van der Waals surface area contributed by atoms with Gasteiger partial charge in [-0.25, -0.2) is 8.42 Å². The molecule has 3 amide bonds. The molecule has 2 aromatic rings. The largest absolute Gasteiger partial charge is 0.354 e. The number of carbonyl (C=O) groups is 3. The molecule has 5 rings (SSSR count). The molecular formula is C22H21N3O5S. The number of rotatable bonds is 4. The van der Waals surface area contributed by atoms with Crippen molar-refractivity contribution < 1.29 is 22.8 Å². The van der Waals surface area contributed by atoms with Crippen molar-refractivity contribution in [1.82, 2.24) is 10.2 Å². The highest BCUT2D eigenvalue weighted by Crippen LogP contribution is 2.44. The number of hydrogen-bond donors (Lipinski definition) is 1. The summed E-state index contributed by atoms with van der Waals surface area (Å²) in [6.45, 7) is 0.0238. The predicted octanol–water partition coefficient (Wildman–Crippen LogP) is 1.35. The summed E-state index contributed by atoms with van der Waals surface area (Å²) in [5, 5.41) is 2.77. The van der Waals surface area contributed by atoms with Gasteiger partial charge >= 0.3 is 0 Å². The number of carbonyl (C=O) groups excluding carboxylic acids is 3. The average molecular weight is 439 g/mol. The van der Waals surface area contributed by atoms with E-state index in [2.05, 4.69) is 5.32 Å². The maximum absolute atomic E-state index is 13.3. The molecule has 1 saturated heterocycles. The molecule has 2 aromatic carbocycles. The molecule has 3 aliphatic rings. The minimum atomic E-state index is -3.02. The number of nitrogens with one attached hydrogen (secondary N) is 1. The second-order valence-corrected chi connectivity index (χ2v) is 10.4. The molecule has 0 radical (unpaired) electrons. The molecule has 2 unspecified atom stereocenters. The number of amides is 3. The van der Waals surface area contributed by atoms with Crippen LogP contribution in [0.1, 0.15) is 38.9 Å². The van der Waals surface area contributed by atoms with Crippen LogP contribution in [0.4, 0.5) is 5.69 Å². The summed E-state index contributed by atoms with van der Waals surface area (Å²) in [5.74, 6) is -0.806. The van der Waals surface area contributed by atoms with Gasteiger partial charge in [-0.1, -0.05) is 30.3 Å². The number of hydrogen-bond acceptors (Lipinski definition) is 5. The fraction of sp³-hybridized carbons (Fsp3) is 0.318. The van der Waals surface area contributed by atoms with E-state index in [1.807, 2.05) is 0 Å². The third kappa shape index (κ3) is 3.29. The number of sulfone groups is 1. The lowest BCUT2D eigenvalue weighted by molar-refractivity contribution is -0.122. The van der Waals surface area contributed by atoms with Crippen molar-refractivity contribution in [2.45, 2.75) is 12.6 Å². The topological polar surface area (TPSA) is 104 Å². The van der Waals surface area contributed by atoms with Crippen molar-refractivity contribution in [3.63, 3.8) is 0 Å². The van der Waals surface area contributed by atoms with E-state index in [1.165, 1.54) is 4.90 Å². The van der Waals surface area contributed by atoms with Crippen molar-refractivity contribution in [3.05, 3.63) is 65.2 Å². The first-order chi connectivity index (χ1) is 14.9. The first-order valence-corrected chi connectivity index (χ1v) is 12.0. The lowest BCUT2D eigenvalue weighted by atomic mass is 10.0. The van der Waals surface area contributed by atoms with Gasteiger partial charge in [-0.3, -0.25) is 19.3 Å². The van der Waals surface area contributed by atoms with E-state index >= 15 is 0 Å². The van der Waals surface area contributed by atoms with Crippen LogP contribution in [0.3, 0.4) is 0 Å². The van der Waals surface area contributed by atoms with Crippen molar-refractivity contribution in [3.8, 4) is 0 Å². The highest BCUT2D eigenvalue weighted by molar-refractivity contribution is 7.91. The Morgan fingerprint density at radius 3 is 2.45 bits per heavy atom. The molecule has 1 fully saturated rings. The minimum Gasteiger partial charge on any atom is -0.354 e. The van der Waals surface area contributed by atoms with Crippen LogP contribution in [0, 0.1) is 5.92 Å². The Kier molecular flexibility index (Phi) is 4.58. The third-order valence-corrected chi connectivity index (χ3v) is 7.95. The molecule has 3 aliphatic heterocycles. The second kappa shape index (κ2) is 7.19. The summed E-state index contributed by atoms with van der Waals surface area (Å²) in [4.78, 5) is 42.1. The van der Waals surface area contributed by atoms with Crippen LogP contribution < -0.4 is 10.2 Å². The van der Waals surface area contributed by atoms with Crippen molar-refractivity contribution >= 4 is 33.2 Å². The number of anilines is 1. The molecule has 0 aromatic heterocycles. The molecule has 3 heterocycles. The molecule has 0 bridgehead atoms. The van der Waals surface area contributed by atoms with Crippen LogP contribution in [-0.2, 0) is 14.6 Å². The van der Waals surface area contributed by atoms with Crippen molar-refractivity contribution in [1.29, 1.82) is 0 Å². The smallest absolute Gasteiger partial charge is 0.260 e. The molecular weight excluding hydrogens is 418 g/mol. The number of nitrogens with zero attached hydrogens (tertiary/aromatic N) is 2. The Morgan fingerprint density at radius 2 is 1.71 bits per heavy atom. The summed E-state index contributed by atoms with van der Waals surface area (Å²) >= 11 is 0. The van der Waals surface area contributed by atoms with E-state index in [0.29, 0.717) is 28.8 Å². The van der Waals surface area contributed by atoms with Gasteiger partial charge < -0.3 is 10.2 Å². The zero-order chi connectivity index (χ0) is 21.8. The SMILES string of the molecule is O=C(CN1C(=O)c2ccccc2N2C(=O)c3ccccc3C12)NCC1CCS(=O)(=O)C1. The van der Waals surface area contributed by atoms with Gasteiger partial charge in [-0.2, -0.15) is 0 Å². The fourth-order valence-corrected chi connectivity index (χ4v) is 6.50. The van der Waals surface area contributed by atoms with E-state index in [-0.39, 0.29) is 48.2 Å². The fourth-order valence-electron chi connectivity index (χ4n) is 4.64. The van der Waals surface area contributed by atoms with Gasteiger partial charge in [0.25, 0.3) is 11.8 Å². The van der Waals surface area contributed by atoms with Crippen LogP contribution in [0.25, 0.3) is 0 Å². The van der Waals surface area contributed by atoms with Gasteiger partial charge in [-0.05, 0) is 30.5 Å². The number of fused-ring (bicyclic) bond motifs is 5. The van der Waals surface area contributed by atoms with Gasteiger partial charge in [0.15, 0.2) is 9.84 Å². The lowest BCUT2D eigenvalue weighted by Crippen LogP contribution is -2.51. The maximum atomic E-state index is 13.3. The first kappa shape index (κ1) is 19.7. The van der Waals surface area contributed by atoms with Crippen LogP contribution in [0.2, 0.25) is 0 Å². The number of para-hydroxylation sites is 1. The van der Waals surface area contributed by atoms with Crippen LogP contribution in [0.5, 0.6) is 0 Å². The normalized spacial score (nSPS) is 23.4. The van der Waals surface area contributed by atoms with Gasteiger partial charge in [0, 0.05) is 17.7 Å². The highest BCUT2D eigenvalue weighted by Gasteiger charge is 2.48. The quantitative estimate of drug-likeness (QED) is 0.775. The van der Waals surface area contributed by atoms with E-state index in [1.54, 1.807) is 53.4 Å². The second-order valence-electron chi connectivity index (χ2n) is 8.16. The molecule has 0 spiro atoms. The Bertz CT molecular complexity index is 1210. The Balaban J connectivity index is 1.42.